The predicted molar refractivity (Wildman–Crippen MR) is 91.5 cm³/mol. The molecule has 118 valence electrons. The normalized spacial score (nSPS) is 12.3. The highest BCUT2D eigenvalue weighted by Gasteiger charge is 2.20. The quantitative estimate of drug-likeness (QED) is 0.823. The van der Waals surface area contributed by atoms with E-state index in [1.807, 2.05) is 36.7 Å². The van der Waals surface area contributed by atoms with Gasteiger partial charge in [0.25, 0.3) is 0 Å². The zero-order valence-electron chi connectivity index (χ0n) is 13.3. The Kier molecular flexibility index (Phi) is 4.67. The van der Waals surface area contributed by atoms with E-state index in [0.29, 0.717) is 12.2 Å². The zero-order valence-corrected chi connectivity index (χ0v) is 14.9. The lowest BCUT2D eigenvalue weighted by Crippen LogP contribution is -2.24. The minimum atomic E-state index is -1.06. The number of halogens is 1. The number of aliphatic hydroxyl groups excluding tert-OH is 1. The maximum absolute atomic E-state index is 9.78. The third-order valence-corrected chi connectivity index (χ3v) is 3.70. The van der Waals surface area contributed by atoms with Crippen LogP contribution in [0.2, 0.25) is 0 Å². The number of benzene rings is 1. The average Bonchev–Trinajstić information content (AvgIpc) is 2.73. The number of rotatable bonds is 3. The van der Waals surface area contributed by atoms with E-state index in [1.165, 1.54) is 0 Å². The molecule has 2 N–H and O–H groups in total. The van der Waals surface area contributed by atoms with Crippen LogP contribution in [0.5, 0.6) is 0 Å². The number of aromatic nitrogens is 2. The highest BCUT2D eigenvalue weighted by Crippen LogP contribution is 2.26. The molecule has 1 aromatic carbocycles. The summed E-state index contributed by atoms with van der Waals surface area (Å²) in [7, 11) is 0. The summed E-state index contributed by atoms with van der Waals surface area (Å²) >= 11 is 3.48. The Balaban J connectivity index is 2.57. The summed E-state index contributed by atoms with van der Waals surface area (Å²) in [6.07, 6.45) is 0. The number of hydrogen-bond donors (Lipinski definition) is 2. The van der Waals surface area contributed by atoms with Crippen LogP contribution < -0.4 is 0 Å². The van der Waals surface area contributed by atoms with Crippen LogP contribution in [0.25, 0.3) is 10.9 Å². The molecule has 0 aliphatic heterocycles. The van der Waals surface area contributed by atoms with Crippen LogP contribution in [0.15, 0.2) is 22.7 Å². The highest BCUT2D eigenvalue weighted by atomic mass is 79.9. The fourth-order valence-corrected chi connectivity index (χ4v) is 2.38. The monoisotopic (exact) mass is 364 g/mol. The molecule has 0 saturated heterocycles. The second-order valence-corrected chi connectivity index (χ2v) is 7.71. The lowest BCUT2D eigenvalue weighted by Gasteiger charge is -2.21. The van der Waals surface area contributed by atoms with Crippen LogP contribution in [0.4, 0.5) is 0 Å². The first kappa shape index (κ1) is 17.0. The van der Waals surface area contributed by atoms with Crippen LogP contribution in [-0.2, 0) is 6.54 Å². The molecule has 2 aromatic rings. The molecular formula is C17H21BrN2O2. The van der Waals surface area contributed by atoms with Gasteiger partial charge in [-0.05, 0) is 38.0 Å². The molecule has 0 radical (unpaired) electrons. The van der Waals surface area contributed by atoms with E-state index >= 15 is 0 Å². The van der Waals surface area contributed by atoms with E-state index in [1.54, 1.807) is 13.8 Å². The largest absolute Gasteiger partial charge is 0.396 e. The Bertz CT molecular complexity index is 746. The van der Waals surface area contributed by atoms with Gasteiger partial charge in [0.05, 0.1) is 5.52 Å². The van der Waals surface area contributed by atoms with Gasteiger partial charge in [0.15, 0.2) is 0 Å². The molecule has 0 bridgehead atoms. The van der Waals surface area contributed by atoms with Gasteiger partial charge in [0.1, 0.15) is 11.3 Å². The van der Waals surface area contributed by atoms with Gasteiger partial charge in [0.2, 0.25) is 0 Å². The molecule has 0 atom stereocenters. The average molecular weight is 365 g/mol. The maximum Gasteiger partial charge on any atom is 0.143 e. The smallest absolute Gasteiger partial charge is 0.143 e. The van der Waals surface area contributed by atoms with Crippen LogP contribution in [0, 0.1) is 17.3 Å². The van der Waals surface area contributed by atoms with Gasteiger partial charge in [-0.3, -0.25) is 4.68 Å². The van der Waals surface area contributed by atoms with Crippen LogP contribution in [-0.4, -0.2) is 32.2 Å². The summed E-state index contributed by atoms with van der Waals surface area (Å²) in [5, 5.41) is 24.8. The summed E-state index contributed by atoms with van der Waals surface area (Å²) in [5.41, 5.74) is 0.257. The molecule has 0 unspecified atom stereocenters. The molecule has 4 nitrogen and oxygen atoms in total. The molecule has 1 heterocycles. The van der Waals surface area contributed by atoms with Gasteiger partial charge in [0, 0.05) is 28.4 Å². The molecule has 0 aliphatic rings. The molecule has 5 heteroatoms. The van der Waals surface area contributed by atoms with Crippen LogP contribution in [0.1, 0.15) is 33.4 Å². The number of fused-ring (bicyclic) bond motifs is 1. The summed E-state index contributed by atoms with van der Waals surface area (Å²) in [6.45, 7) is 7.92. The first-order valence-corrected chi connectivity index (χ1v) is 7.93. The standard InChI is InChI=1S/C17H21BrN2O2/c1-16(2,11-21)10-20-15-9-12(18)5-6-13(15)14(19-20)7-8-17(3,4)22/h5-6,9,21-22H,10-11H2,1-4H3. The highest BCUT2D eigenvalue weighted by molar-refractivity contribution is 9.10. The lowest BCUT2D eigenvalue weighted by molar-refractivity contribution is 0.138. The molecule has 0 spiro atoms. The molecule has 22 heavy (non-hydrogen) atoms. The van der Waals surface area contributed by atoms with Crippen molar-refractivity contribution < 1.29 is 10.2 Å². The van der Waals surface area contributed by atoms with Crippen molar-refractivity contribution in [2.75, 3.05) is 6.61 Å². The Morgan fingerprint density at radius 3 is 2.55 bits per heavy atom. The Labute approximate surface area is 139 Å². The minimum absolute atomic E-state index is 0.0764. The fourth-order valence-electron chi connectivity index (χ4n) is 2.03. The van der Waals surface area contributed by atoms with E-state index in [9.17, 15) is 10.2 Å². The lowest BCUT2D eigenvalue weighted by atomic mass is 9.95. The molecule has 0 aliphatic carbocycles. The summed E-state index contributed by atoms with van der Waals surface area (Å²) in [6, 6.07) is 5.90. The Morgan fingerprint density at radius 2 is 1.95 bits per heavy atom. The number of aliphatic hydroxyl groups is 2. The number of nitrogens with zero attached hydrogens (tertiary/aromatic N) is 2. The second-order valence-electron chi connectivity index (χ2n) is 6.80. The first-order chi connectivity index (χ1) is 10.1. The Morgan fingerprint density at radius 1 is 1.27 bits per heavy atom. The molecule has 0 saturated carbocycles. The molecule has 1 aromatic heterocycles. The number of hydrogen-bond acceptors (Lipinski definition) is 3. The molecular weight excluding hydrogens is 344 g/mol. The van der Waals surface area contributed by atoms with Crippen molar-refractivity contribution in [3.05, 3.63) is 28.4 Å². The fraction of sp³-hybridized carbons (Fsp3) is 0.471. The SMILES string of the molecule is CC(C)(O)C#Cc1nn(CC(C)(C)CO)c2cc(Br)ccc12. The summed E-state index contributed by atoms with van der Waals surface area (Å²) in [4.78, 5) is 0. The van der Waals surface area contributed by atoms with Crippen LogP contribution in [0.3, 0.4) is 0 Å². The topological polar surface area (TPSA) is 58.3 Å². The van der Waals surface area contributed by atoms with Gasteiger partial charge >= 0.3 is 0 Å². The van der Waals surface area contributed by atoms with E-state index < -0.39 is 5.60 Å². The van der Waals surface area contributed by atoms with Gasteiger partial charge in [-0.25, -0.2) is 0 Å². The molecule has 0 amide bonds. The third kappa shape index (κ3) is 4.10. The van der Waals surface area contributed by atoms with Gasteiger partial charge in [-0.1, -0.05) is 35.7 Å². The summed E-state index contributed by atoms with van der Waals surface area (Å²) in [5.74, 6) is 5.77. The van der Waals surface area contributed by atoms with Gasteiger partial charge < -0.3 is 10.2 Å². The van der Waals surface area contributed by atoms with Crippen molar-refractivity contribution in [3.8, 4) is 11.8 Å². The van der Waals surface area contributed by atoms with Crippen molar-refractivity contribution in [2.24, 2.45) is 5.41 Å². The third-order valence-electron chi connectivity index (χ3n) is 3.21. The van der Waals surface area contributed by atoms with Crippen molar-refractivity contribution in [2.45, 2.75) is 39.8 Å². The van der Waals surface area contributed by atoms with E-state index in [-0.39, 0.29) is 12.0 Å². The first-order valence-electron chi connectivity index (χ1n) is 7.14. The summed E-state index contributed by atoms with van der Waals surface area (Å²) < 4.78 is 2.83. The van der Waals surface area contributed by atoms with Gasteiger partial charge in [-0.15, -0.1) is 0 Å². The van der Waals surface area contributed by atoms with Crippen molar-refractivity contribution in [1.29, 1.82) is 0 Å². The van der Waals surface area contributed by atoms with E-state index in [2.05, 4.69) is 32.9 Å². The van der Waals surface area contributed by atoms with Gasteiger partial charge in [-0.2, -0.15) is 5.10 Å². The molecule has 2 rings (SSSR count). The molecule has 0 fully saturated rings. The zero-order chi connectivity index (χ0) is 16.5. The predicted octanol–water partition coefficient (Wildman–Crippen LogP) is 2.94. The van der Waals surface area contributed by atoms with E-state index in [0.717, 1.165) is 15.4 Å². The Hall–Kier alpha value is -1.35. The van der Waals surface area contributed by atoms with Crippen LogP contribution >= 0.6 is 15.9 Å². The maximum atomic E-state index is 9.78. The minimum Gasteiger partial charge on any atom is -0.396 e. The van der Waals surface area contributed by atoms with Crippen molar-refractivity contribution >= 4 is 26.8 Å². The van der Waals surface area contributed by atoms with E-state index in [4.69, 9.17) is 0 Å². The second kappa shape index (κ2) is 6.04. The van der Waals surface area contributed by atoms with Crippen molar-refractivity contribution in [3.63, 3.8) is 0 Å². The van der Waals surface area contributed by atoms with Crippen molar-refractivity contribution in [1.82, 2.24) is 9.78 Å².